The number of aryl methyl sites for hydroxylation is 2. The third-order valence-electron chi connectivity index (χ3n) is 5.04. The lowest BCUT2D eigenvalue weighted by Gasteiger charge is -2.35. The van der Waals surface area contributed by atoms with Gasteiger partial charge in [0.2, 0.25) is 11.8 Å². The van der Waals surface area contributed by atoms with E-state index in [0.29, 0.717) is 0 Å². The summed E-state index contributed by atoms with van der Waals surface area (Å²) in [5.74, 6) is -0.800. The molecule has 1 fully saturated rings. The van der Waals surface area contributed by atoms with Gasteiger partial charge < -0.3 is 25.4 Å². The number of hydrogen-bond acceptors (Lipinski definition) is 5. The normalized spacial score (nSPS) is 15.7. The number of aliphatic hydroxyl groups is 1. The Morgan fingerprint density at radius 2 is 1.78 bits per heavy atom. The molecule has 32 heavy (non-hydrogen) atoms. The first-order chi connectivity index (χ1) is 14.8. The Balaban J connectivity index is 2.41. The van der Waals surface area contributed by atoms with Gasteiger partial charge in [-0.15, -0.1) is 0 Å². The van der Waals surface area contributed by atoms with Crippen molar-refractivity contribution in [2.45, 2.75) is 91.1 Å². The SMILES string of the molecule is Cc1ccc(C(C(=O)NC(C)C)N(C(=O)C(CO)NC(=O)OC(C)(C)C)C2CC2)c(C)c1. The molecule has 1 aliphatic carbocycles. The first-order valence-corrected chi connectivity index (χ1v) is 11.1. The van der Waals surface area contributed by atoms with Crippen molar-refractivity contribution in [1.82, 2.24) is 15.5 Å². The third kappa shape index (κ3) is 6.95. The van der Waals surface area contributed by atoms with Crippen molar-refractivity contribution < 1.29 is 24.2 Å². The zero-order valence-electron chi connectivity index (χ0n) is 20.2. The fourth-order valence-electron chi connectivity index (χ4n) is 3.60. The van der Waals surface area contributed by atoms with Crippen LogP contribution in [0.5, 0.6) is 0 Å². The number of aliphatic hydroxyl groups excluding tert-OH is 1. The lowest BCUT2D eigenvalue weighted by Crippen LogP contribution is -2.55. The van der Waals surface area contributed by atoms with E-state index in [1.807, 2.05) is 45.9 Å². The third-order valence-corrected chi connectivity index (χ3v) is 5.04. The molecule has 1 aromatic rings. The van der Waals surface area contributed by atoms with Gasteiger partial charge in [-0.1, -0.05) is 23.8 Å². The van der Waals surface area contributed by atoms with E-state index < -0.39 is 36.3 Å². The standard InChI is InChI=1S/C24H37N3O5/c1-14(2)25-21(29)20(18-11-8-15(3)12-16(18)4)27(17-9-10-17)22(30)19(13-28)26-23(31)32-24(5,6)7/h8,11-12,14,17,19-20,28H,9-10,13H2,1-7H3,(H,25,29)(H,26,31). The number of benzene rings is 1. The Morgan fingerprint density at radius 3 is 2.25 bits per heavy atom. The number of nitrogens with one attached hydrogen (secondary N) is 2. The van der Waals surface area contributed by atoms with Gasteiger partial charge >= 0.3 is 6.09 Å². The molecule has 0 heterocycles. The van der Waals surface area contributed by atoms with E-state index in [9.17, 15) is 19.5 Å². The van der Waals surface area contributed by atoms with E-state index in [-0.39, 0.29) is 18.0 Å². The summed E-state index contributed by atoms with van der Waals surface area (Å²) >= 11 is 0. The molecule has 3 amide bonds. The van der Waals surface area contributed by atoms with E-state index in [1.54, 1.807) is 20.8 Å². The molecule has 0 saturated heterocycles. The largest absolute Gasteiger partial charge is 0.444 e. The van der Waals surface area contributed by atoms with E-state index >= 15 is 0 Å². The molecule has 0 radical (unpaired) electrons. The molecule has 178 valence electrons. The summed E-state index contributed by atoms with van der Waals surface area (Å²) < 4.78 is 5.24. The van der Waals surface area contributed by atoms with Crippen LogP contribution in [0.15, 0.2) is 18.2 Å². The van der Waals surface area contributed by atoms with Crippen molar-refractivity contribution in [3.05, 3.63) is 34.9 Å². The zero-order valence-corrected chi connectivity index (χ0v) is 20.2. The molecular weight excluding hydrogens is 410 g/mol. The molecule has 1 saturated carbocycles. The van der Waals surface area contributed by atoms with Gasteiger partial charge in [0.05, 0.1) is 6.61 Å². The number of carbonyl (C=O) groups is 3. The maximum absolute atomic E-state index is 13.6. The van der Waals surface area contributed by atoms with Crippen LogP contribution in [0.25, 0.3) is 0 Å². The van der Waals surface area contributed by atoms with Crippen molar-refractivity contribution in [1.29, 1.82) is 0 Å². The molecule has 1 aliphatic rings. The molecular formula is C24H37N3O5. The van der Waals surface area contributed by atoms with Crippen LogP contribution in [0.1, 0.15) is 70.2 Å². The average molecular weight is 448 g/mol. The molecule has 0 aromatic heterocycles. The highest BCUT2D eigenvalue weighted by Gasteiger charge is 2.44. The van der Waals surface area contributed by atoms with E-state index in [1.165, 1.54) is 4.90 Å². The summed E-state index contributed by atoms with van der Waals surface area (Å²) in [7, 11) is 0. The van der Waals surface area contributed by atoms with Crippen LogP contribution in [-0.4, -0.2) is 58.2 Å². The monoisotopic (exact) mass is 447 g/mol. The summed E-state index contributed by atoms with van der Waals surface area (Å²) in [5.41, 5.74) is 1.93. The second kappa shape index (κ2) is 10.3. The number of rotatable bonds is 8. The topological polar surface area (TPSA) is 108 Å². The number of nitrogens with zero attached hydrogens (tertiary/aromatic N) is 1. The Morgan fingerprint density at radius 1 is 1.16 bits per heavy atom. The Labute approximate surface area is 190 Å². The second-order valence-electron chi connectivity index (χ2n) is 9.78. The van der Waals surface area contributed by atoms with Gasteiger partial charge in [-0.2, -0.15) is 0 Å². The molecule has 2 atom stereocenters. The van der Waals surface area contributed by atoms with E-state index in [4.69, 9.17) is 4.74 Å². The van der Waals surface area contributed by atoms with Crippen molar-refractivity contribution in [2.75, 3.05) is 6.61 Å². The molecule has 8 heteroatoms. The van der Waals surface area contributed by atoms with E-state index in [0.717, 1.165) is 29.5 Å². The van der Waals surface area contributed by atoms with E-state index in [2.05, 4.69) is 10.6 Å². The van der Waals surface area contributed by atoms with Gasteiger partial charge in [-0.25, -0.2) is 4.79 Å². The molecule has 8 nitrogen and oxygen atoms in total. The molecule has 0 spiro atoms. The highest BCUT2D eigenvalue weighted by molar-refractivity contribution is 5.93. The molecule has 2 rings (SSSR count). The van der Waals surface area contributed by atoms with Gasteiger partial charge in [0.1, 0.15) is 17.7 Å². The summed E-state index contributed by atoms with van der Waals surface area (Å²) in [5, 5.41) is 15.3. The first-order valence-electron chi connectivity index (χ1n) is 11.1. The van der Waals surface area contributed by atoms with Crippen molar-refractivity contribution in [2.24, 2.45) is 0 Å². The Bertz CT molecular complexity index is 843. The predicted molar refractivity (Wildman–Crippen MR) is 122 cm³/mol. The van der Waals surface area contributed by atoms with Gasteiger partial charge in [0.25, 0.3) is 0 Å². The van der Waals surface area contributed by atoms with Crippen LogP contribution in [0, 0.1) is 13.8 Å². The smallest absolute Gasteiger partial charge is 0.408 e. The maximum atomic E-state index is 13.6. The van der Waals surface area contributed by atoms with Crippen molar-refractivity contribution in [3.8, 4) is 0 Å². The van der Waals surface area contributed by atoms with Gasteiger partial charge in [-0.05, 0) is 72.4 Å². The van der Waals surface area contributed by atoms with Crippen molar-refractivity contribution in [3.63, 3.8) is 0 Å². The Kier molecular flexibility index (Phi) is 8.29. The van der Waals surface area contributed by atoms with Crippen LogP contribution < -0.4 is 10.6 Å². The molecule has 1 aromatic carbocycles. The van der Waals surface area contributed by atoms with Crippen LogP contribution >= 0.6 is 0 Å². The van der Waals surface area contributed by atoms with Crippen molar-refractivity contribution >= 4 is 17.9 Å². The molecule has 0 bridgehead atoms. The number of alkyl carbamates (subject to hydrolysis) is 1. The number of ether oxygens (including phenoxy) is 1. The number of amides is 3. The van der Waals surface area contributed by atoms with Crippen LogP contribution in [0.2, 0.25) is 0 Å². The fraction of sp³-hybridized carbons (Fsp3) is 0.625. The molecule has 2 unspecified atom stereocenters. The minimum atomic E-state index is -1.22. The Hall–Kier alpha value is -2.61. The molecule has 0 aliphatic heterocycles. The minimum absolute atomic E-state index is 0.111. The second-order valence-corrected chi connectivity index (χ2v) is 9.78. The highest BCUT2D eigenvalue weighted by Crippen LogP contribution is 2.36. The quantitative estimate of drug-likeness (QED) is 0.568. The van der Waals surface area contributed by atoms with Gasteiger partial charge in [0, 0.05) is 12.1 Å². The lowest BCUT2D eigenvalue weighted by atomic mass is 9.96. The maximum Gasteiger partial charge on any atom is 0.408 e. The summed E-state index contributed by atoms with van der Waals surface area (Å²) in [6.07, 6.45) is 0.717. The summed E-state index contributed by atoms with van der Waals surface area (Å²) in [6, 6.07) is 3.42. The zero-order chi connectivity index (χ0) is 24.2. The van der Waals surface area contributed by atoms with Crippen LogP contribution in [0.4, 0.5) is 4.79 Å². The highest BCUT2D eigenvalue weighted by atomic mass is 16.6. The lowest BCUT2D eigenvalue weighted by molar-refractivity contribution is -0.144. The molecule has 3 N–H and O–H groups in total. The van der Waals surface area contributed by atoms with Crippen LogP contribution in [-0.2, 0) is 14.3 Å². The summed E-state index contributed by atoms with van der Waals surface area (Å²) in [6.45, 7) is 12.1. The minimum Gasteiger partial charge on any atom is -0.444 e. The first kappa shape index (κ1) is 25.6. The average Bonchev–Trinajstić information content (AvgIpc) is 3.47. The number of hydrogen-bond donors (Lipinski definition) is 3. The summed E-state index contributed by atoms with van der Waals surface area (Å²) in [4.78, 5) is 40.6. The fourth-order valence-corrected chi connectivity index (χ4v) is 3.60. The predicted octanol–water partition coefficient (Wildman–Crippen LogP) is 2.75. The van der Waals surface area contributed by atoms with Crippen LogP contribution in [0.3, 0.4) is 0 Å². The van der Waals surface area contributed by atoms with Gasteiger partial charge in [0.15, 0.2) is 0 Å². The van der Waals surface area contributed by atoms with Gasteiger partial charge in [-0.3, -0.25) is 9.59 Å². The number of carbonyl (C=O) groups excluding carboxylic acids is 3.